The molecule has 0 aliphatic heterocycles. The molecular weight excluding hydrogens is 286 g/mol. The molecule has 1 aromatic carbocycles. The first kappa shape index (κ1) is 15.8. The molecule has 2 aromatic rings. The topological polar surface area (TPSA) is 85.5 Å². The van der Waals surface area contributed by atoms with Gasteiger partial charge in [-0.3, -0.25) is 9.89 Å². The molecule has 0 aliphatic carbocycles. The molecule has 0 saturated carbocycles. The highest BCUT2D eigenvalue weighted by atomic mass is 16.5. The predicted octanol–water partition coefficient (Wildman–Crippen LogP) is 1.37. The van der Waals surface area contributed by atoms with Gasteiger partial charge in [0.1, 0.15) is 23.8 Å². The predicted molar refractivity (Wildman–Crippen MR) is 80.1 cm³/mol. The van der Waals surface area contributed by atoms with Crippen molar-refractivity contribution in [2.45, 2.75) is 6.61 Å². The Balaban J connectivity index is 1.87. The normalized spacial score (nSPS) is 10.3. The average molecular weight is 305 g/mol. The zero-order chi connectivity index (χ0) is 15.8. The first-order valence-corrected chi connectivity index (χ1v) is 6.81. The van der Waals surface area contributed by atoms with Crippen molar-refractivity contribution in [3.8, 4) is 11.5 Å². The van der Waals surface area contributed by atoms with Crippen molar-refractivity contribution in [2.24, 2.45) is 0 Å². The van der Waals surface area contributed by atoms with Gasteiger partial charge < -0.3 is 19.5 Å². The summed E-state index contributed by atoms with van der Waals surface area (Å²) < 4.78 is 15.6. The molecule has 2 rings (SSSR count). The number of H-pyrrole nitrogens is 1. The lowest BCUT2D eigenvalue weighted by atomic mass is 10.3. The van der Waals surface area contributed by atoms with Crippen LogP contribution in [0, 0.1) is 0 Å². The summed E-state index contributed by atoms with van der Waals surface area (Å²) in [6.07, 6.45) is 0. The van der Waals surface area contributed by atoms with E-state index in [0.717, 1.165) is 5.75 Å². The molecule has 1 amide bonds. The SMILES string of the molecule is COCCNC(=O)c1cc(COc2cccc(OC)c2)[nH]n1. The second-order valence-corrected chi connectivity index (χ2v) is 4.49. The van der Waals surface area contributed by atoms with Gasteiger partial charge in [-0.25, -0.2) is 0 Å². The van der Waals surface area contributed by atoms with Crippen molar-refractivity contribution in [2.75, 3.05) is 27.4 Å². The summed E-state index contributed by atoms with van der Waals surface area (Å²) in [7, 11) is 3.18. The van der Waals surface area contributed by atoms with Crippen molar-refractivity contribution in [1.82, 2.24) is 15.5 Å². The summed E-state index contributed by atoms with van der Waals surface area (Å²) in [4.78, 5) is 11.8. The number of hydrogen-bond acceptors (Lipinski definition) is 5. The van der Waals surface area contributed by atoms with Crippen LogP contribution >= 0.6 is 0 Å². The lowest BCUT2D eigenvalue weighted by Gasteiger charge is -2.06. The fourth-order valence-corrected chi connectivity index (χ4v) is 1.76. The average Bonchev–Trinajstić information content (AvgIpc) is 3.02. The quantitative estimate of drug-likeness (QED) is 0.720. The Morgan fingerprint density at radius 1 is 1.27 bits per heavy atom. The van der Waals surface area contributed by atoms with E-state index in [-0.39, 0.29) is 12.5 Å². The van der Waals surface area contributed by atoms with Gasteiger partial charge in [0.2, 0.25) is 0 Å². The van der Waals surface area contributed by atoms with Gasteiger partial charge in [-0.1, -0.05) is 6.07 Å². The number of carbonyl (C=O) groups excluding carboxylic acids is 1. The van der Waals surface area contributed by atoms with E-state index < -0.39 is 0 Å². The molecule has 2 N–H and O–H groups in total. The molecule has 118 valence electrons. The third-order valence-corrected chi connectivity index (χ3v) is 2.89. The van der Waals surface area contributed by atoms with Crippen LogP contribution in [-0.2, 0) is 11.3 Å². The van der Waals surface area contributed by atoms with Crippen LogP contribution < -0.4 is 14.8 Å². The number of amides is 1. The van der Waals surface area contributed by atoms with E-state index in [0.29, 0.717) is 30.3 Å². The number of nitrogens with zero attached hydrogens (tertiary/aromatic N) is 1. The molecule has 0 fully saturated rings. The van der Waals surface area contributed by atoms with Crippen LogP contribution in [0.3, 0.4) is 0 Å². The number of benzene rings is 1. The van der Waals surface area contributed by atoms with Crippen LogP contribution in [0.15, 0.2) is 30.3 Å². The number of carbonyl (C=O) groups is 1. The molecule has 0 atom stereocenters. The Labute approximate surface area is 128 Å². The van der Waals surface area contributed by atoms with Crippen molar-refractivity contribution in [1.29, 1.82) is 0 Å². The number of hydrogen-bond donors (Lipinski definition) is 2. The van der Waals surface area contributed by atoms with E-state index in [4.69, 9.17) is 14.2 Å². The Hall–Kier alpha value is -2.54. The number of aromatic amines is 1. The summed E-state index contributed by atoms with van der Waals surface area (Å²) in [5, 5.41) is 9.43. The molecule has 1 aromatic heterocycles. The van der Waals surface area contributed by atoms with Gasteiger partial charge in [-0.15, -0.1) is 0 Å². The molecule has 0 unspecified atom stereocenters. The number of nitrogens with one attached hydrogen (secondary N) is 2. The van der Waals surface area contributed by atoms with Gasteiger partial charge in [0.25, 0.3) is 5.91 Å². The van der Waals surface area contributed by atoms with Gasteiger partial charge in [-0.05, 0) is 18.2 Å². The summed E-state index contributed by atoms with van der Waals surface area (Å²) in [6, 6.07) is 8.95. The summed E-state index contributed by atoms with van der Waals surface area (Å²) in [6.45, 7) is 1.19. The molecule has 0 spiro atoms. The molecular formula is C15H19N3O4. The van der Waals surface area contributed by atoms with Gasteiger partial charge in [0.05, 0.1) is 19.4 Å². The van der Waals surface area contributed by atoms with Gasteiger partial charge in [0, 0.05) is 19.7 Å². The van der Waals surface area contributed by atoms with E-state index in [9.17, 15) is 4.79 Å². The van der Waals surface area contributed by atoms with Crippen molar-refractivity contribution < 1.29 is 19.0 Å². The maximum atomic E-state index is 11.8. The molecule has 22 heavy (non-hydrogen) atoms. The number of aromatic nitrogens is 2. The summed E-state index contributed by atoms with van der Waals surface area (Å²) >= 11 is 0. The minimum absolute atomic E-state index is 0.249. The fourth-order valence-electron chi connectivity index (χ4n) is 1.76. The Morgan fingerprint density at radius 3 is 2.86 bits per heavy atom. The molecule has 0 bridgehead atoms. The number of rotatable bonds is 8. The Bertz CT molecular complexity index is 612. The minimum Gasteiger partial charge on any atom is -0.497 e. The largest absolute Gasteiger partial charge is 0.497 e. The van der Waals surface area contributed by atoms with Crippen molar-refractivity contribution in [3.05, 3.63) is 41.7 Å². The highest BCUT2D eigenvalue weighted by molar-refractivity contribution is 5.92. The number of methoxy groups -OCH3 is 2. The van der Waals surface area contributed by atoms with E-state index >= 15 is 0 Å². The third kappa shape index (κ3) is 4.49. The third-order valence-electron chi connectivity index (χ3n) is 2.89. The monoisotopic (exact) mass is 305 g/mol. The maximum absolute atomic E-state index is 11.8. The van der Waals surface area contributed by atoms with Crippen molar-refractivity contribution in [3.63, 3.8) is 0 Å². The summed E-state index contributed by atoms with van der Waals surface area (Å²) in [5.41, 5.74) is 1.03. The smallest absolute Gasteiger partial charge is 0.271 e. The molecule has 7 nitrogen and oxygen atoms in total. The molecule has 1 heterocycles. The van der Waals surface area contributed by atoms with E-state index in [1.54, 1.807) is 26.4 Å². The molecule has 0 saturated heterocycles. The second-order valence-electron chi connectivity index (χ2n) is 4.49. The fraction of sp³-hybridized carbons (Fsp3) is 0.333. The van der Waals surface area contributed by atoms with Gasteiger partial charge in [-0.2, -0.15) is 5.10 Å². The lowest BCUT2D eigenvalue weighted by Crippen LogP contribution is -2.27. The van der Waals surface area contributed by atoms with E-state index in [2.05, 4.69) is 15.5 Å². The van der Waals surface area contributed by atoms with Crippen LogP contribution in [0.1, 0.15) is 16.2 Å². The first-order chi connectivity index (χ1) is 10.7. The minimum atomic E-state index is -0.249. The van der Waals surface area contributed by atoms with Crippen LogP contribution in [0.25, 0.3) is 0 Å². The molecule has 0 aliphatic rings. The zero-order valence-corrected chi connectivity index (χ0v) is 12.6. The highest BCUT2D eigenvalue weighted by Gasteiger charge is 2.10. The van der Waals surface area contributed by atoms with E-state index in [1.165, 1.54) is 0 Å². The maximum Gasteiger partial charge on any atom is 0.271 e. The molecule has 0 radical (unpaired) electrons. The summed E-state index contributed by atoms with van der Waals surface area (Å²) in [5.74, 6) is 1.15. The zero-order valence-electron chi connectivity index (χ0n) is 12.6. The number of ether oxygens (including phenoxy) is 3. The standard InChI is InChI=1S/C15H19N3O4/c1-20-7-6-16-15(19)14-8-11(17-18-14)10-22-13-5-3-4-12(9-13)21-2/h3-5,8-9H,6-7,10H2,1-2H3,(H,16,19)(H,17,18). The van der Waals surface area contributed by atoms with Crippen LogP contribution in [0.4, 0.5) is 0 Å². The second kappa shape index (κ2) is 8.04. The van der Waals surface area contributed by atoms with Crippen LogP contribution in [-0.4, -0.2) is 43.5 Å². The highest BCUT2D eigenvalue weighted by Crippen LogP contribution is 2.19. The van der Waals surface area contributed by atoms with Crippen LogP contribution in [0.5, 0.6) is 11.5 Å². The van der Waals surface area contributed by atoms with Gasteiger partial charge in [0.15, 0.2) is 0 Å². The van der Waals surface area contributed by atoms with Gasteiger partial charge >= 0.3 is 0 Å². The molecule has 7 heteroatoms. The first-order valence-electron chi connectivity index (χ1n) is 6.81. The van der Waals surface area contributed by atoms with Crippen LogP contribution in [0.2, 0.25) is 0 Å². The van der Waals surface area contributed by atoms with E-state index in [1.807, 2.05) is 18.2 Å². The van der Waals surface area contributed by atoms with Crippen molar-refractivity contribution >= 4 is 5.91 Å². The Morgan fingerprint density at radius 2 is 2.09 bits per heavy atom. The lowest BCUT2D eigenvalue weighted by molar-refractivity contribution is 0.0932. The Kier molecular flexibility index (Phi) is 5.79.